The molecule has 19 heavy (non-hydrogen) atoms. The second-order valence-electron chi connectivity index (χ2n) is 4.68. The first-order valence-corrected chi connectivity index (χ1v) is 7.15. The number of likely N-dealkylation sites (tertiary alicyclic amines) is 1. The predicted molar refractivity (Wildman–Crippen MR) is 75.6 cm³/mol. The molecule has 1 unspecified atom stereocenters. The lowest BCUT2D eigenvalue weighted by Gasteiger charge is -2.15. The summed E-state index contributed by atoms with van der Waals surface area (Å²) in [6.07, 6.45) is 2.59. The Morgan fingerprint density at radius 1 is 1.42 bits per heavy atom. The van der Waals surface area contributed by atoms with E-state index in [2.05, 4.69) is 11.1 Å². The second-order valence-corrected chi connectivity index (χ2v) is 5.63. The molecule has 1 saturated heterocycles. The molecule has 1 fully saturated rings. The summed E-state index contributed by atoms with van der Waals surface area (Å²) in [4.78, 5) is 19.2. The molecule has 0 bridgehead atoms. The number of rotatable bonds is 3. The molecular formula is C14H15N3OS. The molecule has 1 amide bonds. The van der Waals surface area contributed by atoms with Gasteiger partial charge in [0, 0.05) is 19.3 Å². The molecule has 0 saturated carbocycles. The Balaban J connectivity index is 1.71. The van der Waals surface area contributed by atoms with Gasteiger partial charge in [0.05, 0.1) is 16.6 Å². The Morgan fingerprint density at radius 3 is 2.89 bits per heavy atom. The highest BCUT2D eigenvalue weighted by Crippen LogP contribution is 2.23. The van der Waals surface area contributed by atoms with Gasteiger partial charge in [0.15, 0.2) is 0 Å². The summed E-state index contributed by atoms with van der Waals surface area (Å²) in [6.45, 7) is 1.34. The van der Waals surface area contributed by atoms with Crippen LogP contribution < -0.4 is 5.73 Å². The summed E-state index contributed by atoms with van der Waals surface area (Å²) in [7, 11) is 0. The monoisotopic (exact) mass is 273 g/mol. The van der Waals surface area contributed by atoms with Gasteiger partial charge < -0.3 is 10.6 Å². The third kappa shape index (κ3) is 2.52. The first-order chi connectivity index (χ1) is 9.24. The zero-order valence-electron chi connectivity index (χ0n) is 10.5. The number of carbonyl (C=O) groups excluding carboxylic acids is 1. The van der Waals surface area contributed by atoms with Crippen molar-refractivity contribution in [2.24, 2.45) is 5.73 Å². The van der Waals surface area contributed by atoms with Gasteiger partial charge in [0.25, 0.3) is 0 Å². The number of aromatic nitrogens is 1. The quantitative estimate of drug-likeness (QED) is 0.928. The number of hydrogen-bond acceptors (Lipinski definition) is 4. The smallest absolute Gasteiger partial charge is 0.239 e. The van der Waals surface area contributed by atoms with Gasteiger partial charge in [-0.1, -0.05) is 12.1 Å². The fourth-order valence-corrected chi connectivity index (χ4v) is 2.93. The van der Waals surface area contributed by atoms with Gasteiger partial charge in [-0.2, -0.15) is 0 Å². The lowest BCUT2D eigenvalue weighted by Crippen LogP contribution is -2.33. The van der Waals surface area contributed by atoms with Crippen LogP contribution in [0, 0.1) is 0 Å². The lowest BCUT2D eigenvalue weighted by atomic mass is 10.2. The molecule has 0 radical (unpaired) electrons. The highest BCUT2D eigenvalue weighted by Gasteiger charge is 2.28. The summed E-state index contributed by atoms with van der Waals surface area (Å²) >= 11 is 1.67. The van der Waals surface area contributed by atoms with Gasteiger partial charge in [-0.3, -0.25) is 9.78 Å². The Kier molecular flexibility index (Phi) is 3.31. The van der Waals surface area contributed by atoms with Gasteiger partial charge in [-0.15, -0.1) is 11.3 Å². The molecule has 4 nitrogen and oxygen atoms in total. The van der Waals surface area contributed by atoms with Crippen molar-refractivity contribution in [2.75, 3.05) is 6.54 Å². The Bertz CT molecular complexity index is 565. The average molecular weight is 273 g/mol. The number of nitrogens with two attached hydrogens (primary N) is 1. The van der Waals surface area contributed by atoms with E-state index in [4.69, 9.17) is 5.73 Å². The first-order valence-electron chi connectivity index (χ1n) is 6.27. The summed E-state index contributed by atoms with van der Waals surface area (Å²) < 4.78 is 0. The molecule has 0 aliphatic carbocycles. The molecule has 2 aromatic heterocycles. The SMILES string of the molecule is NC1CCN(Cc2ccc(-c3cccs3)nc2)C1=O. The van der Waals surface area contributed by atoms with E-state index in [1.807, 2.05) is 29.8 Å². The second kappa shape index (κ2) is 5.11. The fourth-order valence-electron chi connectivity index (χ4n) is 2.23. The van der Waals surface area contributed by atoms with Crippen molar-refractivity contribution < 1.29 is 4.79 Å². The molecule has 3 heterocycles. The van der Waals surface area contributed by atoms with E-state index in [1.54, 1.807) is 16.2 Å². The van der Waals surface area contributed by atoms with Crippen LogP contribution in [0.5, 0.6) is 0 Å². The number of amides is 1. The molecule has 0 aromatic carbocycles. The van der Waals surface area contributed by atoms with Crippen LogP contribution in [0.1, 0.15) is 12.0 Å². The molecule has 3 rings (SSSR count). The zero-order chi connectivity index (χ0) is 13.2. The minimum Gasteiger partial charge on any atom is -0.337 e. The summed E-state index contributed by atoms with van der Waals surface area (Å²) in [5, 5.41) is 2.04. The van der Waals surface area contributed by atoms with Gasteiger partial charge >= 0.3 is 0 Å². The predicted octanol–water partition coefficient (Wildman–Crippen LogP) is 1.87. The van der Waals surface area contributed by atoms with E-state index >= 15 is 0 Å². The van der Waals surface area contributed by atoms with Gasteiger partial charge in [0.1, 0.15) is 0 Å². The summed E-state index contributed by atoms with van der Waals surface area (Å²) in [5.74, 6) is 0.0438. The van der Waals surface area contributed by atoms with Crippen LogP contribution in [-0.2, 0) is 11.3 Å². The standard InChI is InChI=1S/C14H15N3OS/c15-11-5-6-17(14(11)18)9-10-3-4-12(16-8-10)13-2-1-7-19-13/h1-4,7-8,11H,5-6,9,15H2. The van der Waals surface area contributed by atoms with Crippen molar-refractivity contribution in [1.82, 2.24) is 9.88 Å². The highest BCUT2D eigenvalue weighted by molar-refractivity contribution is 7.13. The Labute approximate surface area is 115 Å². The van der Waals surface area contributed by atoms with Crippen LogP contribution in [-0.4, -0.2) is 28.4 Å². The van der Waals surface area contributed by atoms with Crippen molar-refractivity contribution >= 4 is 17.2 Å². The normalized spacial score (nSPS) is 19.1. The number of carbonyl (C=O) groups is 1. The van der Waals surface area contributed by atoms with Crippen molar-refractivity contribution in [1.29, 1.82) is 0 Å². The number of nitrogens with zero attached hydrogens (tertiary/aromatic N) is 2. The minimum absolute atomic E-state index is 0.0438. The molecule has 1 aliphatic rings. The number of thiophene rings is 1. The first kappa shape index (κ1) is 12.3. The fraction of sp³-hybridized carbons (Fsp3) is 0.286. The molecule has 98 valence electrons. The van der Waals surface area contributed by atoms with Crippen molar-refractivity contribution in [3.63, 3.8) is 0 Å². The van der Waals surface area contributed by atoms with E-state index in [9.17, 15) is 4.79 Å². The van der Waals surface area contributed by atoms with Crippen molar-refractivity contribution in [3.8, 4) is 10.6 Å². The topological polar surface area (TPSA) is 59.2 Å². The minimum atomic E-state index is -0.321. The van der Waals surface area contributed by atoms with E-state index in [1.165, 1.54) is 0 Å². The molecular weight excluding hydrogens is 258 g/mol. The van der Waals surface area contributed by atoms with Gasteiger partial charge in [0.2, 0.25) is 5.91 Å². The maximum Gasteiger partial charge on any atom is 0.239 e. The zero-order valence-corrected chi connectivity index (χ0v) is 11.3. The van der Waals surface area contributed by atoms with E-state index < -0.39 is 0 Å². The van der Waals surface area contributed by atoms with Crippen molar-refractivity contribution in [2.45, 2.75) is 19.0 Å². The Hall–Kier alpha value is -1.72. The maximum atomic E-state index is 11.7. The maximum absolute atomic E-state index is 11.7. The third-order valence-electron chi connectivity index (χ3n) is 3.31. The molecule has 2 N–H and O–H groups in total. The largest absolute Gasteiger partial charge is 0.337 e. The van der Waals surface area contributed by atoms with E-state index in [0.29, 0.717) is 6.54 Å². The highest BCUT2D eigenvalue weighted by atomic mass is 32.1. The number of pyridine rings is 1. The van der Waals surface area contributed by atoms with E-state index in [-0.39, 0.29) is 11.9 Å². The van der Waals surface area contributed by atoms with Crippen LogP contribution in [0.3, 0.4) is 0 Å². The molecule has 5 heteroatoms. The third-order valence-corrected chi connectivity index (χ3v) is 4.20. The van der Waals surface area contributed by atoms with Gasteiger partial charge in [-0.25, -0.2) is 0 Å². The van der Waals surface area contributed by atoms with Crippen LogP contribution in [0.15, 0.2) is 35.8 Å². The lowest BCUT2D eigenvalue weighted by molar-refractivity contribution is -0.129. The molecule has 0 spiro atoms. The van der Waals surface area contributed by atoms with E-state index in [0.717, 1.165) is 29.1 Å². The van der Waals surface area contributed by atoms with Crippen LogP contribution >= 0.6 is 11.3 Å². The molecule has 1 atom stereocenters. The molecule has 1 aliphatic heterocycles. The summed E-state index contributed by atoms with van der Waals surface area (Å²) in [6, 6.07) is 7.77. The van der Waals surface area contributed by atoms with Crippen LogP contribution in [0.25, 0.3) is 10.6 Å². The average Bonchev–Trinajstić information content (AvgIpc) is 3.06. The summed E-state index contributed by atoms with van der Waals surface area (Å²) in [5.41, 5.74) is 7.72. The van der Waals surface area contributed by atoms with Crippen LogP contribution in [0.4, 0.5) is 0 Å². The Morgan fingerprint density at radius 2 is 2.32 bits per heavy atom. The molecule has 2 aromatic rings. The van der Waals surface area contributed by atoms with Crippen molar-refractivity contribution in [3.05, 3.63) is 41.4 Å². The number of hydrogen-bond donors (Lipinski definition) is 1. The van der Waals surface area contributed by atoms with Crippen LogP contribution in [0.2, 0.25) is 0 Å². The van der Waals surface area contributed by atoms with Gasteiger partial charge in [-0.05, 0) is 29.5 Å².